The van der Waals surface area contributed by atoms with E-state index in [9.17, 15) is 0 Å². The lowest BCUT2D eigenvalue weighted by molar-refractivity contribution is 1.17. The fourth-order valence-corrected chi connectivity index (χ4v) is 2.31. The Morgan fingerprint density at radius 3 is 2.22 bits per heavy atom. The fraction of sp³-hybridized carbons (Fsp3) is 0.250. The van der Waals surface area contributed by atoms with E-state index in [1.54, 1.807) is 0 Å². The van der Waals surface area contributed by atoms with Gasteiger partial charge >= 0.3 is 0 Å². The number of benzene rings is 2. The molecular formula is C16H20N2. The van der Waals surface area contributed by atoms with Gasteiger partial charge in [0.1, 0.15) is 0 Å². The molecule has 0 spiro atoms. The van der Waals surface area contributed by atoms with Crippen molar-refractivity contribution < 1.29 is 0 Å². The minimum absolute atomic E-state index is 0.807. The Hall–Kier alpha value is -1.96. The van der Waals surface area contributed by atoms with Crippen LogP contribution in [0, 0.1) is 20.8 Å². The van der Waals surface area contributed by atoms with E-state index in [0.717, 1.165) is 11.4 Å². The van der Waals surface area contributed by atoms with Gasteiger partial charge in [-0.2, -0.15) is 0 Å². The second-order valence-corrected chi connectivity index (χ2v) is 4.95. The molecule has 0 saturated carbocycles. The molecule has 2 rings (SSSR count). The topological polar surface area (TPSA) is 29.3 Å². The number of anilines is 3. The van der Waals surface area contributed by atoms with Crippen molar-refractivity contribution in [2.75, 3.05) is 17.7 Å². The first-order valence-corrected chi connectivity index (χ1v) is 6.15. The Kier molecular flexibility index (Phi) is 3.28. The van der Waals surface area contributed by atoms with Crippen LogP contribution in [0.25, 0.3) is 0 Å². The average Bonchev–Trinajstić information content (AvgIpc) is 2.26. The van der Waals surface area contributed by atoms with Gasteiger partial charge in [-0.25, -0.2) is 0 Å². The minimum atomic E-state index is 0.807. The quantitative estimate of drug-likeness (QED) is 0.805. The number of nitrogens with zero attached hydrogens (tertiary/aromatic N) is 1. The van der Waals surface area contributed by atoms with Crippen molar-refractivity contribution in [2.45, 2.75) is 20.8 Å². The standard InChI is InChI=1S/C16H20N2/c1-11-5-6-16(13(3)7-11)18(4)15-9-12(2)8-14(17)10-15/h5-10H,17H2,1-4H3. The van der Waals surface area contributed by atoms with Crippen molar-refractivity contribution in [1.82, 2.24) is 0 Å². The molecule has 0 amide bonds. The van der Waals surface area contributed by atoms with Crippen LogP contribution in [-0.4, -0.2) is 7.05 Å². The summed E-state index contributed by atoms with van der Waals surface area (Å²) in [7, 11) is 2.08. The Morgan fingerprint density at radius 2 is 1.61 bits per heavy atom. The number of rotatable bonds is 2. The largest absolute Gasteiger partial charge is 0.399 e. The molecule has 0 aliphatic carbocycles. The molecule has 0 aliphatic heterocycles. The van der Waals surface area contributed by atoms with E-state index >= 15 is 0 Å². The van der Waals surface area contributed by atoms with Gasteiger partial charge in [-0.15, -0.1) is 0 Å². The number of nitrogens with two attached hydrogens (primary N) is 1. The molecule has 0 heterocycles. The van der Waals surface area contributed by atoms with Crippen LogP contribution in [0.3, 0.4) is 0 Å². The van der Waals surface area contributed by atoms with E-state index in [0.29, 0.717) is 0 Å². The predicted octanol–water partition coefficient (Wildman–Crippen LogP) is 3.96. The number of hydrogen-bond donors (Lipinski definition) is 1. The zero-order chi connectivity index (χ0) is 13.3. The molecule has 18 heavy (non-hydrogen) atoms. The van der Waals surface area contributed by atoms with Crippen molar-refractivity contribution in [2.24, 2.45) is 0 Å². The zero-order valence-electron chi connectivity index (χ0n) is 11.5. The molecule has 0 aliphatic rings. The van der Waals surface area contributed by atoms with Crippen molar-refractivity contribution in [1.29, 1.82) is 0 Å². The van der Waals surface area contributed by atoms with Gasteiger partial charge in [-0.1, -0.05) is 17.7 Å². The van der Waals surface area contributed by atoms with E-state index in [1.807, 2.05) is 12.1 Å². The SMILES string of the molecule is Cc1cc(N)cc(N(C)c2ccc(C)cc2C)c1. The van der Waals surface area contributed by atoms with E-state index < -0.39 is 0 Å². The summed E-state index contributed by atoms with van der Waals surface area (Å²) < 4.78 is 0. The molecule has 0 saturated heterocycles. The molecule has 0 atom stereocenters. The first-order chi connectivity index (χ1) is 8.47. The van der Waals surface area contributed by atoms with Gasteiger partial charge in [-0.05, 0) is 56.2 Å². The highest BCUT2D eigenvalue weighted by Crippen LogP contribution is 2.29. The Labute approximate surface area is 109 Å². The van der Waals surface area contributed by atoms with Crippen LogP contribution < -0.4 is 10.6 Å². The van der Waals surface area contributed by atoms with Crippen molar-refractivity contribution in [3.05, 3.63) is 53.1 Å². The molecule has 0 fully saturated rings. The third-order valence-corrected chi connectivity index (χ3v) is 3.19. The molecular weight excluding hydrogens is 220 g/mol. The minimum Gasteiger partial charge on any atom is -0.399 e. The summed E-state index contributed by atoms with van der Waals surface area (Å²) in [5.41, 5.74) is 12.8. The first-order valence-electron chi connectivity index (χ1n) is 6.15. The number of aryl methyl sites for hydroxylation is 3. The normalized spacial score (nSPS) is 10.4. The van der Waals surface area contributed by atoms with Crippen LogP contribution in [-0.2, 0) is 0 Å². The second-order valence-electron chi connectivity index (χ2n) is 4.95. The maximum atomic E-state index is 5.91. The smallest absolute Gasteiger partial charge is 0.0437 e. The van der Waals surface area contributed by atoms with Crippen LogP contribution >= 0.6 is 0 Å². The van der Waals surface area contributed by atoms with E-state index in [1.165, 1.54) is 22.4 Å². The van der Waals surface area contributed by atoms with Crippen LogP contribution in [0.5, 0.6) is 0 Å². The summed E-state index contributed by atoms with van der Waals surface area (Å²) >= 11 is 0. The highest BCUT2D eigenvalue weighted by molar-refractivity contribution is 5.69. The lowest BCUT2D eigenvalue weighted by atomic mass is 10.1. The molecule has 2 aromatic rings. The predicted molar refractivity (Wildman–Crippen MR) is 79.6 cm³/mol. The van der Waals surface area contributed by atoms with Gasteiger partial charge in [0.05, 0.1) is 0 Å². The summed E-state index contributed by atoms with van der Waals surface area (Å²) in [5.74, 6) is 0. The van der Waals surface area contributed by atoms with Crippen LogP contribution in [0.1, 0.15) is 16.7 Å². The Bertz CT molecular complexity index is 553. The first kappa shape index (κ1) is 12.5. The average molecular weight is 240 g/mol. The molecule has 2 heteroatoms. The number of hydrogen-bond acceptors (Lipinski definition) is 2. The molecule has 94 valence electrons. The highest BCUT2D eigenvalue weighted by Gasteiger charge is 2.08. The lowest BCUT2D eigenvalue weighted by Gasteiger charge is -2.22. The van der Waals surface area contributed by atoms with Crippen molar-refractivity contribution >= 4 is 17.1 Å². The molecule has 0 bridgehead atoms. The van der Waals surface area contributed by atoms with Gasteiger partial charge in [0, 0.05) is 24.1 Å². The number of nitrogen functional groups attached to an aromatic ring is 1. The van der Waals surface area contributed by atoms with Gasteiger partial charge in [0.25, 0.3) is 0 Å². The highest BCUT2D eigenvalue weighted by atomic mass is 15.1. The fourth-order valence-electron chi connectivity index (χ4n) is 2.31. The summed E-state index contributed by atoms with van der Waals surface area (Å²) in [6.45, 7) is 6.31. The van der Waals surface area contributed by atoms with E-state index in [-0.39, 0.29) is 0 Å². The summed E-state index contributed by atoms with van der Waals surface area (Å²) in [5, 5.41) is 0. The van der Waals surface area contributed by atoms with Crippen LogP contribution in [0.15, 0.2) is 36.4 Å². The van der Waals surface area contributed by atoms with Crippen LogP contribution in [0.4, 0.5) is 17.1 Å². The summed E-state index contributed by atoms with van der Waals surface area (Å²) in [6, 6.07) is 12.6. The Morgan fingerprint density at radius 1 is 0.889 bits per heavy atom. The molecule has 2 aromatic carbocycles. The van der Waals surface area contributed by atoms with E-state index in [4.69, 9.17) is 5.73 Å². The van der Waals surface area contributed by atoms with Gasteiger partial charge in [0.15, 0.2) is 0 Å². The van der Waals surface area contributed by atoms with Crippen molar-refractivity contribution in [3.8, 4) is 0 Å². The lowest BCUT2D eigenvalue weighted by Crippen LogP contribution is -2.11. The maximum absolute atomic E-state index is 5.91. The van der Waals surface area contributed by atoms with Crippen LogP contribution in [0.2, 0.25) is 0 Å². The molecule has 0 unspecified atom stereocenters. The monoisotopic (exact) mass is 240 g/mol. The zero-order valence-corrected chi connectivity index (χ0v) is 11.5. The van der Waals surface area contributed by atoms with E-state index in [2.05, 4.69) is 57.0 Å². The summed E-state index contributed by atoms with van der Waals surface area (Å²) in [6.07, 6.45) is 0. The molecule has 2 N–H and O–H groups in total. The second kappa shape index (κ2) is 4.73. The third-order valence-electron chi connectivity index (χ3n) is 3.19. The molecule has 2 nitrogen and oxygen atoms in total. The maximum Gasteiger partial charge on any atom is 0.0437 e. The Balaban J connectivity index is 2.44. The third kappa shape index (κ3) is 2.48. The van der Waals surface area contributed by atoms with Gasteiger partial charge < -0.3 is 10.6 Å². The molecule has 0 aromatic heterocycles. The van der Waals surface area contributed by atoms with Gasteiger partial charge in [0.2, 0.25) is 0 Å². The summed E-state index contributed by atoms with van der Waals surface area (Å²) in [4.78, 5) is 2.18. The van der Waals surface area contributed by atoms with Crippen molar-refractivity contribution in [3.63, 3.8) is 0 Å². The molecule has 0 radical (unpaired) electrons. The van der Waals surface area contributed by atoms with Gasteiger partial charge in [-0.3, -0.25) is 0 Å².